The quantitative estimate of drug-likeness (QED) is 0.0449. The second-order valence-corrected chi connectivity index (χ2v) is 18.8. The van der Waals surface area contributed by atoms with Gasteiger partial charge in [-0.1, -0.05) is 220 Å². The van der Waals surface area contributed by atoms with Crippen LogP contribution >= 0.6 is 0 Å². The van der Waals surface area contributed by atoms with Crippen molar-refractivity contribution >= 4 is 23.6 Å². The highest BCUT2D eigenvalue weighted by molar-refractivity contribution is 5.81. The van der Waals surface area contributed by atoms with Crippen molar-refractivity contribution in [3.8, 4) is 0 Å². The van der Waals surface area contributed by atoms with E-state index in [4.69, 9.17) is 0 Å². The van der Waals surface area contributed by atoms with Crippen LogP contribution < -0.4 is 0 Å². The maximum absolute atomic E-state index is 13.2. The zero-order chi connectivity index (χ0) is 45.4. The molecule has 0 atom stereocenters. The molecule has 0 aliphatic rings. The van der Waals surface area contributed by atoms with Crippen molar-refractivity contribution in [2.75, 3.05) is 26.2 Å². The minimum Gasteiger partial charge on any atom is -0.343 e. The van der Waals surface area contributed by atoms with Crippen molar-refractivity contribution in [2.45, 2.75) is 297 Å². The maximum Gasteiger partial charge on any atom is 0.264 e. The Labute approximate surface area is 385 Å². The molecule has 0 aromatic rings. The van der Waals surface area contributed by atoms with Gasteiger partial charge < -0.3 is 9.80 Å². The van der Waals surface area contributed by atoms with E-state index in [1.165, 1.54) is 180 Å². The molecule has 0 unspecified atom stereocenters. The van der Waals surface area contributed by atoms with Gasteiger partial charge in [-0.2, -0.15) is 0 Å². The second kappa shape index (κ2) is 48.3. The van der Waals surface area contributed by atoms with Crippen molar-refractivity contribution in [3.63, 3.8) is 0 Å². The molecule has 0 aromatic heterocycles. The lowest BCUT2D eigenvalue weighted by molar-refractivity contribution is -0.132. The van der Waals surface area contributed by atoms with E-state index in [1.807, 2.05) is 0 Å². The Morgan fingerprint density at radius 3 is 0.694 bits per heavy atom. The molecule has 0 fully saturated rings. The summed E-state index contributed by atoms with van der Waals surface area (Å²) in [6.45, 7) is 12.5. The van der Waals surface area contributed by atoms with Gasteiger partial charge in [0.05, 0.1) is 0 Å². The minimum absolute atomic E-state index is 0.252. The third-order valence-corrected chi connectivity index (χ3v) is 12.7. The van der Waals surface area contributed by atoms with Crippen molar-refractivity contribution in [1.82, 2.24) is 9.80 Å². The molecule has 8 nitrogen and oxygen atoms in total. The summed E-state index contributed by atoms with van der Waals surface area (Å²) < 4.78 is 0. The fourth-order valence-corrected chi connectivity index (χ4v) is 8.45. The van der Waals surface area contributed by atoms with Crippen LogP contribution in [0, 0.1) is 0 Å². The summed E-state index contributed by atoms with van der Waals surface area (Å²) in [7, 11) is 0. The van der Waals surface area contributed by atoms with Crippen LogP contribution in [0.25, 0.3) is 0 Å². The van der Waals surface area contributed by atoms with Crippen LogP contribution in [0.4, 0.5) is 0 Å². The number of rotatable bonds is 48. The van der Waals surface area contributed by atoms with Gasteiger partial charge in [-0.3, -0.25) is 19.2 Å². The SMILES string of the molecule is CCCCCCCCCCN(CCCCCCCCCC)C(=O)CCCCCC(=O)N=NC(=O)CCCCCC(=O)N(CCCCCCCCCC)CCCCCCCCCC. The van der Waals surface area contributed by atoms with Gasteiger partial charge in [-0.15, -0.1) is 10.2 Å². The fourth-order valence-electron chi connectivity index (χ4n) is 8.45. The summed E-state index contributed by atoms with van der Waals surface area (Å²) in [6, 6.07) is 0. The first-order valence-electron chi connectivity index (χ1n) is 27.4. The number of nitrogens with zero attached hydrogens (tertiary/aromatic N) is 4. The number of unbranched alkanes of at least 4 members (excludes halogenated alkanes) is 32. The van der Waals surface area contributed by atoms with E-state index in [9.17, 15) is 19.2 Å². The molecule has 0 aromatic carbocycles. The standard InChI is InChI=1S/C54H104N4O4/c1-5-9-13-17-21-25-29-39-47-57(48-40-30-26-22-18-14-10-6-2)53(61)45-37-33-35-43-51(59)55-56-52(60)44-36-34-38-46-54(62)58(49-41-31-27-23-19-15-11-7-3)50-42-32-28-24-20-16-12-8-4/h5-50H2,1-4H3. The third-order valence-electron chi connectivity index (χ3n) is 12.7. The fraction of sp³-hybridized carbons (Fsp3) is 0.926. The highest BCUT2D eigenvalue weighted by atomic mass is 16.2. The molecular weight excluding hydrogens is 769 g/mol. The summed E-state index contributed by atoms with van der Waals surface area (Å²) in [5.74, 6) is -0.220. The highest BCUT2D eigenvalue weighted by Crippen LogP contribution is 2.16. The molecule has 0 radical (unpaired) electrons. The van der Waals surface area contributed by atoms with Crippen LogP contribution in [0.3, 0.4) is 0 Å². The Morgan fingerprint density at radius 1 is 0.258 bits per heavy atom. The van der Waals surface area contributed by atoms with Crippen molar-refractivity contribution in [3.05, 3.63) is 0 Å². The van der Waals surface area contributed by atoms with E-state index < -0.39 is 0 Å². The second-order valence-electron chi connectivity index (χ2n) is 18.8. The predicted octanol–water partition coefficient (Wildman–Crippen LogP) is 16.6. The molecule has 8 heteroatoms. The average molecular weight is 873 g/mol. The molecular formula is C54H104N4O4. The largest absolute Gasteiger partial charge is 0.343 e. The van der Waals surface area contributed by atoms with E-state index in [0.717, 1.165) is 77.5 Å². The first-order valence-corrected chi connectivity index (χ1v) is 27.4. The molecule has 0 aliphatic heterocycles. The van der Waals surface area contributed by atoms with E-state index in [2.05, 4.69) is 47.7 Å². The number of azo groups is 1. The normalized spacial score (nSPS) is 11.5. The number of carbonyl (C=O) groups is 4. The molecule has 0 bridgehead atoms. The van der Waals surface area contributed by atoms with Gasteiger partial charge in [0.1, 0.15) is 0 Å². The summed E-state index contributed by atoms with van der Waals surface area (Å²) in [4.78, 5) is 55.4. The third kappa shape index (κ3) is 41.9. The monoisotopic (exact) mass is 873 g/mol. The van der Waals surface area contributed by atoms with Gasteiger partial charge >= 0.3 is 0 Å². The average Bonchev–Trinajstić information content (AvgIpc) is 3.27. The zero-order valence-electron chi connectivity index (χ0n) is 41.9. The van der Waals surface area contributed by atoms with Gasteiger partial charge in [0.25, 0.3) is 11.8 Å². The first kappa shape index (κ1) is 59.9. The van der Waals surface area contributed by atoms with Crippen LogP contribution in [-0.4, -0.2) is 59.6 Å². The van der Waals surface area contributed by atoms with E-state index >= 15 is 0 Å². The number of carbonyl (C=O) groups excluding carboxylic acids is 4. The smallest absolute Gasteiger partial charge is 0.264 e. The zero-order valence-corrected chi connectivity index (χ0v) is 41.9. The predicted molar refractivity (Wildman–Crippen MR) is 265 cm³/mol. The lowest BCUT2D eigenvalue weighted by Gasteiger charge is -2.23. The number of amides is 4. The summed E-state index contributed by atoms with van der Waals surface area (Å²) in [5.41, 5.74) is 0. The summed E-state index contributed by atoms with van der Waals surface area (Å²) >= 11 is 0. The van der Waals surface area contributed by atoms with Crippen molar-refractivity contribution in [2.24, 2.45) is 10.2 Å². The molecule has 62 heavy (non-hydrogen) atoms. The van der Waals surface area contributed by atoms with Gasteiger partial charge in [-0.25, -0.2) is 0 Å². The molecule has 0 saturated carbocycles. The highest BCUT2D eigenvalue weighted by Gasteiger charge is 2.15. The van der Waals surface area contributed by atoms with Gasteiger partial charge in [-0.05, 0) is 51.4 Å². The number of hydrogen-bond donors (Lipinski definition) is 0. The Bertz CT molecular complexity index is 929. The molecule has 0 heterocycles. The van der Waals surface area contributed by atoms with Crippen molar-refractivity contribution in [1.29, 1.82) is 0 Å². The first-order chi connectivity index (χ1) is 30.4. The summed E-state index contributed by atoms with van der Waals surface area (Å²) in [5, 5.41) is 7.39. The van der Waals surface area contributed by atoms with Crippen LogP contribution in [0.1, 0.15) is 297 Å². The lowest BCUT2D eigenvalue weighted by atomic mass is 10.1. The summed E-state index contributed by atoms with van der Waals surface area (Å²) in [6.07, 6.45) is 46.6. The van der Waals surface area contributed by atoms with Crippen molar-refractivity contribution < 1.29 is 19.2 Å². The van der Waals surface area contributed by atoms with E-state index in [-0.39, 0.29) is 36.5 Å². The van der Waals surface area contributed by atoms with Crippen LogP contribution in [0.2, 0.25) is 0 Å². The van der Waals surface area contributed by atoms with E-state index in [0.29, 0.717) is 25.7 Å². The Kier molecular flexibility index (Phi) is 46.7. The van der Waals surface area contributed by atoms with Crippen LogP contribution in [0.5, 0.6) is 0 Å². The molecule has 0 aliphatic carbocycles. The Balaban J connectivity index is 4.46. The molecule has 364 valence electrons. The van der Waals surface area contributed by atoms with Gasteiger partial charge in [0, 0.05) is 51.9 Å². The molecule has 0 rings (SSSR count). The maximum atomic E-state index is 13.2. The molecule has 0 N–H and O–H groups in total. The van der Waals surface area contributed by atoms with Gasteiger partial charge in [0.15, 0.2) is 0 Å². The molecule has 0 spiro atoms. The van der Waals surface area contributed by atoms with Crippen LogP contribution in [0.15, 0.2) is 10.2 Å². The molecule has 0 saturated heterocycles. The van der Waals surface area contributed by atoms with E-state index in [1.54, 1.807) is 0 Å². The Hall–Kier alpha value is -2.12. The minimum atomic E-state index is -0.366. The lowest BCUT2D eigenvalue weighted by Crippen LogP contribution is -2.32. The van der Waals surface area contributed by atoms with Gasteiger partial charge in [0.2, 0.25) is 11.8 Å². The van der Waals surface area contributed by atoms with Crippen LogP contribution in [-0.2, 0) is 19.2 Å². The number of hydrogen-bond acceptors (Lipinski definition) is 4. The molecule has 4 amide bonds. The Morgan fingerprint density at radius 2 is 0.452 bits per heavy atom. The topological polar surface area (TPSA) is 99.5 Å².